The summed E-state index contributed by atoms with van der Waals surface area (Å²) in [7, 11) is 0. The van der Waals surface area contributed by atoms with E-state index < -0.39 is 11.7 Å². The molecule has 0 bridgehead atoms. The third-order valence-electron chi connectivity index (χ3n) is 2.87. The van der Waals surface area contributed by atoms with Gasteiger partial charge in [0.2, 0.25) is 5.91 Å². The number of benzene rings is 1. The van der Waals surface area contributed by atoms with Crippen LogP contribution >= 0.6 is 0 Å². The molecule has 1 unspecified atom stereocenters. The lowest BCUT2D eigenvalue weighted by Crippen LogP contribution is -2.28. The van der Waals surface area contributed by atoms with Crippen molar-refractivity contribution in [2.75, 3.05) is 0 Å². The first-order valence-electron chi connectivity index (χ1n) is 5.41. The first-order chi connectivity index (χ1) is 7.97. The van der Waals surface area contributed by atoms with Gasteiger partial charge in [-0.15, -0.1) is 0 Å². The normalized spacial score (nSPS) is 20.4. The number of carbonyl (C=O) groups is 1. The van der Waals surface area contributed by atoms with Crippen molar-refractivity contribution in [3.05, 3.63) is 35.4 Å². The van der Waals surface area contributed by atoms with Gasteiger partial charge in [0.05, 0.1) is 5.56 Å². The lowest BCUT2D eigenvalue weighted by molar-refractivity contribution is -0.138. The van der Waals surface area contributed by atoms with Gasteiger partial charge in [-0.2, -0.15) is 13.2 Å². The fourth-order valence-electron chi connectivity index (χ4n) is 2.07. The van der Waals surface area contributed by atoms with Gasteiger partial charge in [-0.25, -0.2) is 0 Å². The van der Waals surface area contributed by atoms with E-state index >= 15 is 0 Å². The number of halogens is 3. The van der Waals surface area contributed by atoms with Crippen LogP contribution in [-0.2, 0) is 17.4 Å². The Morgan fingerprint density at radius 1 is 1.29 bits per heavy atom. The topological polar surface area (TPSA) is 29.1 Å². The summed E-state index contributed by atoms with van der Waals surface area (Å²) in [6, 6.07) is 5.33. The van der Waals surface area contributed by atoms with E-state index in [0.29, 0.717) is 12.8 Å². The van der Waals surface area contributed by atoms with Crippen LogP contribution in [0.25, 0.3) is 0 Å². The Balaban J connectivity index is 2.18. The Labute approximate surface area is 96.8 Å². The third-order valence-corrected chi connectivity index (χ3v) is 2.87. The van der Waals surface area contributed by atoms with Crippen LogP contribution in [0.1, 0.15) is 24.0 Å². The first kappa shape index (κ1) is 12.0. The molecule has 1 aromatic carbocycles. The molecule has 1 aromatic rings. The summed E-state index contributed by atoms with van der Waals surface area (Å²) in [5.41, 5.74) is -0.367. The Kier molecular flexibility index (Phi) is 3.09. The smallest absolute Gasteiger partial charge is 0.353 e. The summed E-state index contributed by atoms with van der Waals surface area (Å²) >= 11 is 0. The predicted octanol–water partition coefficient (Wildman–Crippen LogP) is 2.53. The van der Waals surface area contributed by atoms with Gasteiger partial charge in [0.25, 0.3) is 0 Å². The summed E-state index contributed by atoms with van der Waals surface area (Å²) in [6.07, 6.45) is -3.09. The van der Waals surface area contributed by atoms with Crippen LogP contribution in [0, 0.1) is 0 Å². The molecule has 2 nitrogen and oxygen atoms in total. The van der Waals surface area contributed by atoms with E-state index in [9.17, 15) is 18.0 Å². The molecule has 1 N–H and O–H groups in total. The molecule has 0 spiro atoms. The van der Waals surface area contributed by atoms with Crippen molar-refractivity contribution in [2.45, 2.75) is 31.5 Å². The summed E-state index contributed by atoms with van der Waals surface area (Å²) in [4.78, 5) is 11.0. The Bertz CT molecular complexity index is 428. The Morgan fingerprint density at radius 3 is 2.59 bits per heavy atom. The minimum atomic E-state index is -4.33. The van der Waals surface area contributed by atoms with Crippen LogP contribution in [0.15, 0.2) is 24.3 Å². The van der Waals surface area contributed by atoms with E-state index in [1.165, 1.54) is 12.1 Å². The van der Waals surface area contributed by atoms with Crippen LogP contribution in [0.2, 0.25) is 0 Å². The van der Waals surface area contributed by atoms with Crippen molar-refractivity contribution in [3.8, 4) is 0 Å². The summed E-state index contributed by atoms with van der Waals surface area (Å²) < 4.78 is 38.1. The summed E-state index contributed by atoms with van der Waals surface area (Å²) in [5.74, 6) is -0.0838. The van der Waals surface area contributed by atoms with Crippen molar-refractivity contribution in [2.24, 2.45) is 0 Å². The summed E-state index contributed by atoms with van der Waals surface area (Å²) in [6.45, 7) is 0. The van der Waals surface area contributed by atoms with Gasteiger partial charge in [0.15, 0.2) is 0 Å². The van der Waals surface area contributed by atoms with Crippen LogP contribution in [0.5, 0.6) is 0 Å². The van der Waals surface area contributed by atoms with Crippen molar-refractivity contribution >= 4 is 5.91 Å². The standard InChI is InChI=1S/C12H12F3NO/c13-12(14,15)10-4-2-1-3-8(10)7-9-5-6-11(17)16-9/h1-4,9H,5-7H2,(H,16,17). The van der Waals surface area contributed by atoms with Gasteiger partial charge in [-0.3, -0.25) is 4.79 Å². The fourth-order valence-corrected chi connectivity index (χ4v) is 2.07. The van der Waals surface area contributed by atoms with Crippen molar-refractivity contribution in [1.82, 2.24) is 5.32 Å². The van der Waals surface area contributed by atoms with Crippen LogP contribution < -0.4 is 5.32 Å². The number of carbonyl (C=O) groups excluding carboxylic acids is 1. The molecule has 0 aliphatic carbocycles. The third kappa shape index (κ3) is 2.78. The van der Waals surface area contributed by atoms with Gasteiger partial charge in [0, 0.05) is 12.5 Å². The monoisotopic (exact) mass is 243 g/mol. The molecule has 2 rings (SSSR count). The maximum absolute atomic E-state index is 12.7. The second-order valence-electron chi connectivity index (χ2n) is 4.16. The van der Waals surface area contributed by atoms with Gasteiger partial charge in [0.1, 0.15) is 0 Å². The molecule has 1 heterocycles. The van der Waals surface area contributed by atoms with E-state index in [1.807, 2.05) is 0 Å². The minimum Gasteiger partial charge on any atom is -0.353 e. The van der Waals surface area contributed by atoms with E-state index in [-0.39, 0.29) is 23.9 Å². The number of nitrogens with one attached hydrogen (secondary N) is 1. The molecular formula is C12H12F3NO. The zero-order chi connectivity index (χ0) is 12.5. The number of hydrogen-bond acceptors (Lipinski definition) is 1. The highest BCUT2D eigenvalue weighted by atomic mass is 19.4. The van der Waals surface area contributed by atoms with Crippen LogP contribution in [-0.4, -0.2) is 11.9 Å². The Morgan fingerprint density at radius 2 is 2.00 bits per heavy atom. The number of hydrogen-bond donors (Lipinski definition) is 1. The molecule has 92 valence electrons. The Hall–Kier alpha value is -1.52. The van der Waals surface area contributed by atoms with E-state index in [0.717, 1.165) is 6.07 Å². The molecule has 1 fully saturated rings. The zero-order valence-electron chi connectivity index (χ0n) is 9.05. The van der Waals surface area contributed by atoms with Crippen molar-refractivity contribution < 1.29 is 18.0 Å². The highest BCUT2D eigenvalue weighted by Crippen LogP contribution is 2.32. The second kappa shape index (κ2) is 4.39. The van der Waals surface area contributed by atoms with Gasteiger partial charge in [-0.1, -0.05) is 18.2 Å². The minimum absolute atomic E-state index is 0.0838. The van der Waals surface area contributed by atoms with Gasteiger partial charge in [-0.05, 0) is 24.5 Å². The molecule has 1 amide bonds. The summed E-state index contributed by atoms with van der Waals surface area (Å²) in [5, 5.41) is 2.67. The lowest BCUT2D eigenvalue weighted by atomic mass is 9.99. The van der Waals surface area contributed by atoms with Gasteiger partial charge >= 0.3 is 6.18 Å². The SMILES string of the molecule is O=C1CCC(Cc2ccccc2C(F)(F)F)N1. The maximum Gasteiger partial charge on any atom is 0.416 e. The van der Waals surface area contributed by atoms with E-state index in [2.05, 4.69) is 5.32 Å². The molecule has 0 saturated carbocycles. The molecule has 0 aromatic heterocycles. The lowest BCUT2D eigenvalue weighted by Gasteiger charge is -2.15. The molecular weight excluding hydrogens is 231 g/mol. The predicted molar refractivity (Wildman–Crippen MR) is 56.3 cm³/mol. The quantitative estimate of drug-likeness (QED) is 0.849. The molecule has 1 atom stereocenters. The highest BCUT2D eigenvalue weighted by molar-refractivity contribution is 5.78. The molecule has 5 heteroatoms. The molecule has 1 aliphatic heterocycles. The molecule has 1 saturated heterocycles. The molecule has 1 aliphatic rings. The van der Waals surface area contributed by atoms with E-state index in [1.54, 1.807) is 6.07 Å². The van der Waals surface area contributed by atoms with Crippen molar-refractivity contribution in [1.29, 1.82) is 0 Å². The zero-order valence-corrected chi connectivity index (χ0v) is 9.05. The average molecular weight is 243 g/mol. The highest BCUT2D eigenvalue weighted by Gasteiger charge is 2.34. The van der Waals surface area contributed by atoms with Crippen LogP contribution in [0.4, 0.5) is 13.2 Å². The molecule has 0 radical (unpaired) electrons. The van der Waals surface area contributed by atoms with Crippen molar-refractivity contribution in [3.63, 3.8) is 0 Å². The van der Waals surface area contributed by atoms with E-state index in [4.69, 9.17) is 0 Å². The number of alkyl halides is 3. The second-order valence-corrected chi connectivity index (χ2v) is 4.16. The van der Waals surface area contributed by atoms with Gasteiger partial charge < -0.3 is 5.32 Å². The maximum atomic E-state index is 12.7. The fraction of sp³-hybridized carbons (Fsp3) is 0.417. The number of rotatable bonds is 2. The molecule has 17 heavy (non-hydrogen) atoms. The van der Waals surface area contributed by atoms with Crippen LogP contribution in [0.3, 0.4) is 0 Å². The first-order valence-corrected chi connectivity index (χ1v) is 5.41. The number of amides is 1. The average Bonchev–Trinajstić information content (AvgIpc) is 2.63. The largest absolute Gasteiger partial charge is 0.416 e.